The maximum Gasteiger partial charge on any atom is 0.407 e. The molecule has 2 saturated carbocycles. The summed E-state index contributed by atoms with van der Waals surface area (Å²) < 4.78 is 10.2. The number of hydrogen-bond donors (Lipinski definition) is 4. The Morgan fingerprint density at radius 3 is 1.22 bits per heavy atom. The number of nitrogens with one attached hydrogen (secondary N) is 2. The van der Waals surface area contributed by atoms with Gasteiger partial charge in [-0.15, -0.1) is 0 Å². The summed E-state index contributed by atoms with van der Waals surface area (Å²) in [6.07, 6.45) is 3.24. The first-order chi connectivity index (χ1) is 14.6. The number of rotatable bonds is 4. The van der Waals surface area contributed by atoms with Crippen LogP contribution in [0.2, 0.25) is 0 Å². The number of carboxylic acid groups (broad SMARTS) is 2. The quantitative estimate of drug-likeness (QED) is 0.499. The SMILES string of the molecule is CC(C)(C)OC(=O)N[C@@H]1CCC[C@H]1C(=O)O.CC(C)(C)OC(=O)N[C@H]1CCC[C@@H]1C(=O)O. The van der Waals surface area contributed by atoms with Gasteiger partial charge >= 0.3 is 24.1 Å². The van der Waals surface area contributed by atoms with E-state index in [9.17, 15) is 19.2 Å². The third kappa shape index (κ3) is 10.2. The van der Waals surface area contributed by atoms with Crippen LogP contribution < -0.4 is 10.6 Å². The first kappa shape index (κ1) is 27.5. The molecule has 0 aromatic carbocycles. The Labute approximate surface area is 189 Å². The maximum absolute atomic E-state index is 11.5. The molecule has 0 heterocycles. The number of carboxylic acids is 2. The predicted octanol–water partition coefficient (Wildman–Crippen LogP) is 3.53. The summed E-state index contributed by atoms with van der Waals surface area (Å²) in [5.41, 5.74) is -1.11. The maximum atomic E-state index is 11.5. The monoisotopic (exact) mass is 458 g/mol. The number of carbonyl (C=O) groups is 4. The van der Waals surface area contributed by atoms with Crippen molar-refractivity contribution in [1.29, 1.82) is 0 Å². The summed E-state index contributed by atoms with van der Waals surface area (Å²) in [7, 11) is 0. The minimum atomic E-state index is -0.849. The third-order valence-electron chi connectivity index (χ3n) is 5.07. The lowest BCUT2D eigenvalue weighted by Crippen LogP contribution is -2.42. The van der Waals surface area contributed by atoms with Gasteiger partial charge in [0.1, 0.15) is 11.2 Å². The van der Waals surface area contributed by atoms with Gasteiger partial charge in [-0.1, -0.05) is 12.8 Å². The average Bonchev–Trinajstić information content (AvgIpc) is 3.20. The van der Waals surface area contributed by atoms with Crippen LogP contribution in [0.15, 0.2) is 0 Å². The van der Waals surface area contributed by atoms with Crippen molar-refractivity contribution in [2.24, 2.45) is 11.8 Å². The molecule has 0 aliphatic heterocycles. The molecule has 0 aromatic rings. The summed E-state index contributed by atoms with van der Waals surface area (Å²) in [5.74, 6) is -2.66. The van der Waals surface area contributed by atoms with E-state index in [1.54, 1.807) is 41.5 Å². The molecule has 4 N–H and O–H groups in total. The van der Waals surface area contributed by atoms with E-state index in [0.717, 1.165) is 12.8 Å². The van der Waals surface area contributed by atoms with Crippen molar-refractivity contribution < 1.29 is 38.9 Å². The van der Waals surface area contributed by atoms with E-state index in [1.807, 2.05) is 0 Å². The van der Waals surface area contributed by atoms with Crippen LogP contribution in [0.3, 0.4) is 0 Å². The van der Waals surface area contributed by atoms with Crippen molar-refractivity contribution in [2.45, 2.75) is 103 Å². The molecule has 4 atom stereocenters. The van der Waals surface area contributed by atoms with E-state index in [-0.39, 0.29) is 12.1 Å². The van der Waals surface area contributed by atoms with Crippen LogP contribution in [0.1, 0.15) is 80.1 Å². The first-order valence-corrected chi connectivity index (χ1v) is 11.0. The molecule has 2 aliphatic carbocycles. The number of amides is 2. The van der Waals surface area contributed by atoms with E-state index in [2.05, 4.69) is 10.6 Å². The molecule has 10 heteroatoms. The van der Waals surface area contributed by atoms with E-state index < -0.39 is 47.2 Å². The molecule has 0 spiro atoms. The van der Waals surface area contributed by atoms with Crippen molar-refractivity contribution in [3.05, 3.63) is 0 Å². The van der Waals surface area contributed by atoms with Gasteiger partial charge in [0.05, 0.1) is 11.8 Å². The van der Waals surface area contributed by atoms with Gasteiger partial charge in [0, 0.05) is 12.1 Å². The van der Waals surface area contributed by atoms with E-state index >= 15 is 0 Å². The normalized spacial score (nSPS) is 25.2. The average molecular weight is 459 g/mol. The Morgan fingerprint density at radius 2 is 0.969 bits per heavy atom. The topological polar surface area (TPSA) is 151 Å². The zero-order chi connectivity index (χ0) is 24.7. The molecule has 2 aliphatic rings. The Morgan fingerprint density at radius 1 is 0.656 bits per heavy atom. The largest absolute Gasteiger partial charge is 0.481 e. The molecule has 2 fully saturated rings. The molecule has 0 bridgehead atoms. The molecular weight excluding hydrogens is 420 g/mol. The van der Waals surface area contributed by atoms with Crippen LogP contribution in [-0.4, -0.2) is 57.6 Å². The van der Waals surface area contributed by atoms with Gasteiger partial charge in [-0.25, -0.2) is 9.59 Å². The lowest BCUT2D eigenvalue weighted by molar-refractivity contribution is -0.143. The number of carbonyl (C=O) groups excluding carboxylic acids is 2. The second-order valence-corrected chi connectivity index (χ2v) is 10.3. The lowest BCUT2D eigenvalue weighted by Gasteiger charge is -2.23. The molecule has 0 saturated heterocycles. The summed E-state index contributed by atoms with van der Waals surface area (Å²) in [6, 6.07) is -0.598. The fourth-order valence-corrected chi connectivity index (χ4v) is 3.77. The Hall–Kier alpha value is -2.52. The highest BCUT2D eigenvalue weighted by molar-refractivity contribution is 5.74. The Kier molecular flexibility index (Phi) is 9.78. The number of aliphatic carboxylic acids is 2. The van der Waals surface area contributed by atoms with Crippen LogP contribution in [0.4, 0.5) is 9.59 Å². The molecule has 0 radical (unpaired) electrons. The van der Waals surface area contributed by atoms with Crippen molar-refractivity contribution in [2.75, 3.05) is 0 Å². The fraction of sp³-hybridized carbons (Fsp3) is 0.818. The summed E-state index contributed by atoms with van der Waals surface area (Å²) in [6.45, 7) is 10.6. The summed E-state index contributed by atoms with van der Waals surface area (Å²) >= 11 is 0. The standard InChI is InChI=1S/2C11H19NO4/c2*1-11(2,3)16-10(15)12-8-6-4-5-7(8)9(13)14/h2*7-8H,4-6H2,1-3H3,(H,12,15)(H,13,14)/t2*7-,8-/m10/s1. The van der Waals surface area contributed by atoms with Gasteiger partial charge in [0.15, 0.2) is 0 Å². The zero-order valence-corrected chi connectivity index (χ0v) is 19.9. The van der Waals surface area contributed by atoms with E-state index in [1.165, 1.54) is 0 Å². The smallest absolute Gasteiger partial charge is 0.407 e. The van der Waals surface area contributed by atoms with Crippen LogP contribution in [0, 0.1) is 11.8 Å². The van der Waals surface area contributed by atoms with Gasteiger partial charge in [0.2, 0.25) is 0 Å². The minimum Gasteiger partial charge on any atom is -0.481 e. The highest BCUT2D eigenvalue weighted by atomic mass is 16.6. The van der Waals surface area contributed by atoms with Crippen molar-refractivity contribution in [1.82, 2.24) is 10.6 Å². The molecule has 2 rings (SSSR count). The van der Waals surface area contributed by atoms with Crippen LogP contribution in [0.5, 0.6) is 0 Å². The minimum absolute atomic E-state index is 0.299. The van der Waals surface area contributed by atoms with E-state index in [0.29, 0.717) is 25.7 Å². The predicted molar refractivity (Wildman–Crippen MR) is 116 cm³/mol. The molecule has 2 amide bonds. The molecule has 0 aromatic heterocycles. The molecule has 0 unspecified atom stereocenters. The molecule has 10 nitrogen and oxygen atoms in total. The van der Waals surface area contributed by atoms with Crippen LogP contribution >= 0.6 is 0 Å². The fourth-order valence-electron chi connectivity index (χ4n) is 3.77. The van der Waals surface area contributed by atoms with E-state index in [4.69, 9.17) is 19.7 Å². The number of alkyl carbamates (subject to hydrolysis) is 2. The molecular formula is C22H38N2O8. The highest BCUT2D eigenvalue weighted by Crippen LogP contribution is 2.27. The number of hydrogen-bond acceptors (Lipinski definition) is 6. The second-order valence-electron chi connectivity index (χ2n) is 10.3. The van der Waals surface area contributed by atoms with Crippen LogP contribution in [0.25, 0.3) is 0 Å². The zero-order valence-electron chi connectivity index (χ0n) is 19.9. The van der Waals surface area contributed by atoms with Crippen LogP contribution in [-0.2, 0) is 19.1 Å². The Balaban J connectivity index is 0.000000320. The first-order valence-electron chi connectivity index (χ1n) is 11.0. The van der Waals surface area contributed by atoms with Gasteiger partial charge < -0.3 is 30.3 Å². The Bertz CT molecular complexity index is 622. The van der Waals surface area contributed by atoms with Crippen molar-refractivity contribution >= 4 is 24.1 Å². The highest BCUT2D eigenvalue weighted by Gasteiger charge is 2.35. The van der Waals surface area contributed by atoms with Gasteiger partial charge in [-0.05, 0) is 67.2 Å². The van der Waals surface area contributed by atoms with Gasteiger partial charge in [-0.3, -0.25) is 9.59 Å². The second kappa shape index (κ2) is 11.4. The van der Waals surface area contributed by atoms with Crippen molar-refractivity contribution in [3.8, 4) is 0 Å². The van der Waals surface area contributed by atoms with Crippen molar-refractivity contribution in [3.63, 3.8) is 0 Å². The number of ether oxygens (including phenoxy) is 2. The third-order valence-corrected chi connectivity index (χ3v) is 5.07. The van der Waals surface area contributed by atoms with Gasteiger partial charge in [0.25, 0.3) is 0 Å². The molecule has 184 valence electrons. The van der Waals surface area contributed by atoms with Gasteiger partial charge in [-0.2, -0.15) is 0 Å². The molecule has 32 heavy (non-hydrogen) atoms. The summed E-state index contributed by atoms with van der Waals surface area (Å²) in [4.78, 5) is 44.7. The lowest BCUT2D eigenvalue weighted by atomic mass is 10.0. The summed E-state index contributed by atoms with van der Waals surface area (Å²) in [5, 5.41) is 23.1.